The molecule has 0 bridgehead atoms. The third-order valence-electron chi connectivity index (χ3n) is 7.92. The van der Waals surface area contributed by atoms with E-state index in [1.165, 1.54) is 0 Å². The number of amides is 2. The van der Waals surface area contributed by atoms with Gasteiger partial charge in [0.25, 0.3) is 0 Å². The molecule has 47 heavy (non-hydrogen) atoms. The first-order chi connectivity index (χ1) is 23.0. The molecule has 3 atom stereocenters. The second kappa shape index (κ2) is 17.7. The number of hydrogen-bond donors (Lipinski definition) is 4. The van der Waals surface area contributed by atoms with Gasteiger partial charge in [0.2, 0.25) is 11.8 Å². The van der Waals surface area contributed by atoms with E-state index in [4.69, 9.17) is 14.7 Å². The van der Waals surface area contributed by atoms with Gasteiger partial charge in [-0.15, -0.1) is 0 Å². The fourth-order valence-electron chi connectivity index (χ4n) is 5.34. The molecule has 0 aliphatic carbocycles. The van der Waals surface area contributed by atoms with Crippen molar-refractivity contribution in [3.63, 3.8) is 0 Å². The Balaban J connectivity index is 1.20. The number of aromatic nitrogens is 2. The number of carbonyl (C=O) groups is 2. The first kappa shape index (κ1) is 34.2. The molecule has 1 aliphatic rings. The van der Waals surface area contributed by atoms with Crippen LogP contribution in [0.4, 0.5) is 0 Å². The summed E-state index contributed by atoms with van der Waals surface area (Å²) in [5, 5.41) is 21.7. The van der Waals surface area contributed by atoms with Crippen LogP contribution in [-0.4, -0.2) is 44.0 Å². The van der Waals surface area contributed by atoms with E-state index in [0.29, 0.717) is 43.1 Å². The van der Waals surface area contributed by atoms with Gasteiger partial charge in [-0.2, -0.15) is 0 Å². The number of carbonyl (C=O) groups excluding carboxylic acids is 2. The van der Waals surface area contributed by atoms with Crippen molar-refractivity contribution < 1.29 is 29.4 Å². The Bertz CT molecular complexity index is 1570. The van der Waals surface area contributed by atoms with E-state index < -0.39 is 12.2 Å². The van der Waals surface area contributed by atoms with Gasteiger partial charge in [-0.05, 0) is 52.8 Å². The van der Waals surface area contributed by atoms with E-state index in [1.54, 1.807) is 35.7 Å². The normalized spacial score (nSPS) is 17.6. The van der Waals surface area contributed by atoms with E-state index in [9.17, 15) is 14.7 Å². The summed E-state index contributed by atoms with van der Waals surface area (Å²) in [6.07, 6.45) is 6.01. The predicted molar refractivity (Wildman–Crippen MR) is 178 cm³/mol. The minimum Gasteiger partial charge on any atom is -0.392 e. The van der Waals surface area contributed by atoms with Crippen LogP contribution in [-0.2, 0) is 32.2 Å². The maximum Gasteiger partial charge on any atom is 0.243 e. The monoisotopic (exact) mass is 656 g/mol. The number of aliphatic hydroxyl groups excluding tert-OH is 1. The molecule has 0 radical (unpaired) electrons. The van der Waals surface area contributed by atoms with Gasteiger partial charge in [0.1, 0.15) is 0 Å². The van der Waals surface area contributed by atoms with Gasteiger partial charge in [-0.1, -0.05) is 84.9 Å². The van der Waals surface area contributed by atoms with Gasteiger partial charge in [0, 0.05) is 49.5 Å². The molecule has 3 aromatic carbocycles. The number of nitrogens with one attached hydrogen (secondary N) is 2. The number of aliphatic hydroxyl groups is 1. The minimum atomic E-state index is -0.559. The van der Waals surface area contributed by atoms with Gasteiger partial charge in [0.15, 0.2) is 11.4 Å². The Morgan fingerprint density at radius 2 is 1.53 bits per heavy atom. The van der Waals surface area contributed by atoms with Crippen molar-refractivity contribution in [2.24, 2.45) is 0 Å². The first-order valence-corrected chi connectivity index (χ1v) is 16.8. The lowest BCUT2D eigenvalue weighted by Crippen LogP contribution is -2.31. The van der Waals surface area contributed by atoms with Gasteiger partial charge in [-0.25, -0.2) is 15.4 Å². The van der Waals surface area contributed by atoms with Crippen molar-refractivity contribution in [3.8, 4) is 11.1 Å². The summed E-state index contributed by atoms with van der Waals surface area (Å²) >= 11 is 1.56. The highest BCUT2D eigenvalue weighted by Gasteiger charge is 2.32. The molecule has 4 N–H and O–H groups in total. The summed E-state index contributed by atoms with van der Waals surface area (Å²) in [5.41, 5.74) is 7.49. The summed E-state index contributed by atoms with van der Waals surface area (Å²) in [7, 11) is 0. The SMILES string of the molecule is O=C(CCCCCC(=O)NCc1cccc(-c2ccc([C@@H]3O[C@H](CSc4ncccn4)C[C@H](c4ccc(CO)cc4)O3)cc2)c1)NO. The molecule has 2 amide bonds. The Hall–Kier alpha value is -4.13. The maximum atomic E-state index is 12.3. The second-order valence-electron chi connectivity index (χ2n) is 11.4. The van der Waals surface area contributed by atoms with Crippen LogP contribution in [0.5, 0.6) is 0 Å². The smallest absolute Gasteiger partial charge is 0.243 e. The zero-order valence-corrected chi connectivity index (χ0v) is 26.9. The predicted octanol–water partition coefficient (Wildman–Crippen LogP) is 6.05. The molecule has 0 spiro atoms. The van der Waals surface area contributed by atoms with Crippen molar-refractivity contribution in [2.45, 2.75) is 75.3 Å². The van der Waals surface area contributed by atoms with Gasteiger partial charge < -0.3 is 19.9 Å². The molecule has 1 aromatic heterocycles. The topological polar surface area (TPSA) is 143 Å². The average molecular weight is 657 g/mol. The molecular formula is C36H40N4O6S. The number of ether oxygens (including phenoxy) is 2. The molecule has 11 heteroatoms. The van der Waals surface area contributed by atoms with Crippen molar-refractivity contribution in [1.29, 1.82) is 0 Å². The molecule has 5 rings (SSSR count). The highest BCUT2D eigenvalue weighted by atomic mass is 32.2. The van der Waals surface area contributed by atoms with E-state index >= 15 is 0 Å². The molecule has 4 aromatic rings. The van der Waals surface area contributed by atoms with Crippen LogP contribution in [0.15, 0.2) is 96.4 Å². The number of rotatable bonds is 15. The number of unbranched alkanes of at least 4 members (excludes halogenated alkanes) is 2. The molecule has 1 saturated heterocycles. The summed E-state index contributed by atoms with van der Waals surface area (Å²) in [6, 6.07) is 25.9. The Morgan fingerprint density at radius 1 is 0.809 bits per heavy atom. The zero-order chi connectivity index (χ0) is 32.8. The summed E-state index contributed by atoms with van der Waals surface area (Å²) in [4.78, 5) is 32.1. The largest absolute Gasteiger partial charge is 0.392 e. The number of hydrogen-bond acceptors (Lipinski definition) is 9. The third-order valence-corrected chi connectivity index (χ3v) is 8.93. The Labute approximate surface area is 278 Å². The summed E-state index contributed by atoms with van der Waals surface area (Å²) in [6.45, 7) is 0.420. The summed E-state index contributed by atoms with van der Waals surface area (Å²) < 4.78 is 13.0. The lowest BCUT2D eigenvalue weighted by atomic mass is 9.99. The van der Waals surface area contributed by atoms with Crippen molar-refractivity contribution in [1.82, 2.24) is 20.8 Å². The fourth-order valence-corrected chi connectivity index (χ4v) is 6.16. The molecule has 246 valence electrons. The minimum absolute atomic E-state index is 0.00567. The van der Waals surface area contributed by atoms with Crippen LogP contribution >= 0.6 is 11.8 Å². The number of hydroxylamine groups is 1. The van der Waals surface area contributed by atoms with Crippen molar-refractivity contribution in [3.05, 3.63) is 114 Å². The van der Waals surface area contributed by atoms with Crippen LogP contribution in [0.25, 0.3) is 11.1 Å². The van der Waals surface area contributed by atoms with Crippen LogP contribution in [0, 0.1) is 0 Å². The highest BCUT2D eigenvalue weighted by Crippen LogP contribution is 2.39. The molecule has 0 unspecified atom stereocenters. The van der Waals surface area contributed by atoms with Crippen LogP contribution < -0.4 is 10.8 Å². The zero-order valence-electron chi connectivity index (χ0n) is 26.1. The molecule has 0 saturated carbocycles. The van der Waals surface area contributed by atoms with Crippen LogP contribution in [0.2, 0.25) is 0 Å². The quantitative estimate of drug-likeness (QED) is 0.0396. The van der Waals surface area contributed by atoms with Crippen LogP contribution in [0.1, 0.15) is 73.2 Å². The maximum absolute atomic E-state index is 12.3. The third kappa shape index (κ3) is 10.4. The van der Waals surface area contributed by atoms with E-state index in [0.717, 1.165) is 39.8 Å². The lowest BCUT2D eigenvalue weighted by molar-refractivity contribution is -0.245. The van der Waals surface area contributed by atoms with Gasteiger partial charge in [-0.3, -0.25) is 14.8 Å². The number of benzene rings is 3. The summed E-state index contributed by atoms with van der Waals surface area (Å²) in [5.74, 6) is 0.238. The van der Waals surface area contributed by atoms with Crippen LogP contribution in [0.3, 0.4) is 0 Å². The van der Waals surface area contributed by atoms with E-state index in [-0.39, 0.29) is 31.1 Å². The molecule has 1 aliphatic heterocycles. The molecular weight excluding hydrogens is 616 g/mol. The Kier molecular flexibility index (Phi) is 12.9. The Morgan fingerprint density at radius 3 is 2.26 bits per heavy atom. The van der Waals surface area contributed by atoms with E-state index in [1.807, 2.05) is 54.6 Å². The standard InChI is InChI=1S/C36H40N4O6S/c41-23-25-10-12-28(13-11-25)32-21-31(24-47-36-37-18-5-19-38-36)45-35(46-32)29-16-14-27(15-17-29)30-7-4-6-26(20-30)22-39-33(42)8-2-1-3-9-34(43)40-44/h4-7,10-20,31-32,35,41,44H,1-3,8-9,21-24H2,(H,39,42)(H,40,43)/t31-,32+,35+/m0/s1. The number of thioether (sulfide) groups is 1. The highest BCUT2D eigenvalue weighted by molar-refractivity contribution is 7.99. The van der Waals surface area contributed by atoms with Gasteiger partial charge >= 0.3 is 0 Å². The average Bonchev–Trinajstić information content (AvgIpc) is 3.13. The van der Waals surface area contributed by atoms with Crippen molar-refractivity contribution in [2.75, 3.05) is 5.75 Å². The second-order valence-corrected chi connectivity index (χ2v) is 12.4. The van der Waals surface area contributed by atoms with Crippen molar-refractivity contribution >= 4 is 23.6 Å². The molecule has 10 nitrogen and oxygen atoms in total. The molecule has 2 heterocycles. The molecule has 1 fully saturated rings. The first-order valence-electron chi connectivity index (χ1n) is 15.8. The van der Waals surface area contributed by atoms with Gasteiger partial charge in [0.05, 0.1) is 18.8 Å². The lowest BCUT2D eigenvalue weighted by Gasteiger charge is -2.36. The number of nitrogens with zero attached hydrogens (tertiary/aromatic N) is 2. The van der Waals surface area contributed by atoms with E-state index in [2.05, 4.69) is 33.5 Å². The fraction of sp³-hybridized carbons (Fsp3) is 0.333.